The zero-order valence-corrected chi connectivity index (χ0v) is 11.5. The van der Waals surface area contributed by atoms with E-state index in [4.69, 9.17) is 10.00 Å². The normalized spacial score (nSPS) is 23.4. The number of nitrogens with one attached hydrogen (secondary N) is 1. The summed E-state index contributed by atoms with van der Waals surface area (Å²) >= 11 is 0. The third-order valence-electron chi connectivity index (χ3n) is 3.62. The number of carbonyl (C=O) groups is 2. The van der Waals surface area contributed by atoms with Gasteiger partial charge in [0.05, 0.1) is 12.6 Å². The largest absolute Gasteiger partial charge is 0.368 e. The number of ether oxygens (including phenoxy) is 1. The first-order valence-corrected chi connectivity index (χ1v) is 6.97. The van der Waals surface area contributed by atoms with Gasteiger partial charge < -0.3 is 15.0 Å². The Kier molecular flexibility index (Phi) is 5.32. The van der Waals surface area contributed by atoms with Crippen LogP contribution in [-0.4, -0.2) is 73.6 Å². The molecule has 7 heteroatoms. The van der Waals surface area contributed by atoms with Crippen LogP contribution in [0.3, 0.4) is 0 Å². The lowest BCUT2D eigenvalue weighted by atomic mass is 10.2. The van der Waals surface area contributed by atoms with Crippen molar-refractivity contribution < 1.29 is 14.3 Å². The molecule has 7 nitrogen and oxygen atoms in total. The van der Waals surface area contributed by atoms with Crippen molar-refractivity contribution in [1.82, 2.24) is 15.1 Å². The molecule has 20 heavy (non-hydrogen) atoms. The van der Waals surface area contributed by atoms with Gasteiger partial charge in [0.2, 0.25) is 5.91 Å². The fourth-order valence-corrected chi connectivity index (χ4v) is 2.50. The molecule has 0 radical (unpaired) electrons. The van der Waals surface area contributed by atoms with E-state index in [9.17, 15) is 9.59 Å². The minimum absolute atomic E-state index is 0.0380. The average molecular weight is 280 g/mol. The van der Waals surface area contributed by atoms with Crippen molar-refractivity contribution in [1.29, 1.82) is 5.26 Å². The molecule has 2 saturated heterocycles. The summed E-state index contributed by atoms with van der Waals surface area (Å²) in [6.07, 6.45) is 1.51. The number of carbonyl (C=O) groups excluding carboxylic acids is 2. The Bertz CT molecular complexity index is 393. The van der Waals surface area contributed by atoms with Gasteiger partial charge in [-0.3, -0.25) is 14.5 Å². The zero-order valence-electron chi connectivity index (χ0n) is 11.5. The van der Waals surface area contributed by atoms with Crippen molar-refractivity contribution >= 4 is 11.8 Å². The number of hydrogen-bond acceptors (Lipinski definition) is 5. The number of piperazine rings is 1. The highest BCUT2D eigenvalue weighted by molar-refractivity contribution is 5.81. The van der Waals surface area contributed by atoms with E-state index in [0.717, 1.165) is 12.8 Å². The number of nitrogens with zero attached hydrogens (tertiary/aromatic N) is 3. The third kappa shape index (κ3) is 3.92. The Morgan fingerprint density at radius 1 is 1.30 bits per heavy atom. The Hall–Kier alpha value is -1.65. The van der Waals surface area contributed by atoms with Crippen molar-refractivity contribution in [2.45, 2.75) is 18.9 Å². The molecule has 110 valence electrons. The van der Waals surface area contributed by atoms with E-state index in [-0.39, 0.29) is 31.0 Å². The zero-order chi connectivity index (χ0) is 14.4. The average Bonchev–Trinajstić information content (AvgIpc) is 2.99. The number of rotatable bonds is 4. The summed E-state index contributed by atoms with van der Waals surface area (Å²) in [7, 11) is 0. The maximum Gasteiger partial charge on any atom is 0.251 e. The highest BCUT2D eigenvalue weighted by atomic mass is 16.5. The number of hydrogen-bond donors (Lipinski definition) is 1. The molecule has 2 heterocycles. The van der Waals surface area contributed by atoms with Gasteiger partial charge in [0.1, 0.15) is 12.6 Å². The summed E-state index contributed by atoms with van der Waals surface area (Å²) in [4.78, 5) is 27.4. The van der Waals surface area contributed by atoms with Crippen LogP contribution in [0, 0.1) is 11.3 Å². The summed E-state index contributed by atoms with van der Waals surface area (Å²) in [5.74, 6) is -0.0680. The van der Waals surface area contributed by atoms with E-state index in [1.807, 2.05) is 15.9 Å². The Morgan fingerprint density at radius 2 is 2.05 bits per heavy atom. The number of amides is 2. The van der Waals surface area contributed by atoms with Crippen molar-refractivity contribution in [2.24, 2.45) is 0 Å². The summed E-state index contributed by atoms with van der Waals surface area (Å²) in [6.45, 7) is 3.61. The summed E-state index contributed by atoms with van der Waals surface area (Å²) in [5.41, 5.74) is 0. The molecule has 2 rings (SSSR count). The molecule has 1 atom stereocenters. The van der Waals surface area contributed by atoms with Crippen LogP contribution in [0.5, 0.6) is 0 Å². The standard InChI is InChI=1S/C13H20N4O3/c14-3-4-15-12(18)10-16-5-7-17(8-6-16)13(19)11-2-1-9-20-11/h11H,1-2,4-10H2,(H,15,18)/t11-/m0/s1. The van der Waals surface area contributed by atoms with Crippen molar-refractivity contribution in [3.63, 3.8) is 0 Å². The fourth-order valence-electron chi connectivity index (χ4n) is 2.50. The molecule has 2 amide bonds. The van der Waals surface area contributed by atoms with Crippen LogP contribution in [0.4, 0.5) is 0 Å². The van der Waals surface area contributed by atoms with Crippen LogP contribution in [0.1, 0.15) is 12.8 Å². The molecule has 0 aromatic heterocycles. The van der Waals surface area contributed by atoms with Gasteiger partial charge in [-0.2, -0.15) is 5.26 Å². The Morgan fingerprint density at radius 3 is 2.65 bits per heavy atom. The van der Waals surface area contributed by atoms with Gasteiger partial charge in [0.15, 0.2) is 0 Å². The van der Waals surface area contributed by atoms with E-state index in [0.29, 0.717) is 32.8 Å². The van der Waals surface area contributed by atoms with Gasteiger partial charge in [0.25, 0.3) is 5.91 Å². The molecule has 2 aliphatic rings. The van der Waals surface area contributed by atoms with E-state index in [1.165, 1.54) is 0 Å². The van der Waals surface area contributed by atoms with E-state index < -0.39 is 0 Å². The molecule has 0 unspecified atom stereocenters. The van der Waals surface area contributed by atoms with Gasteiger partial charge in [-0.15, -0.1) is 0 Å². The monoisotopic (exact) mass is 280 g/mol. The molecular weight excluding hydrogens is 260 g/mol. The van der Waals surface area contributed by atoms with E-state index in [1.54, 1.807) is 0 Å². The van der Waals surface area contributed by atoms with Gasteiger partial charge in [-0.25, -0.2) is 0 Å². The van der Waals surface area contributed by atoms with Gasteiger partial charge >= 0.3 is 0 Å². The highest BCUT2D eigenvalue weighted by Crippen LogP contribution is 2.15. The highest BCUT2D eigenvalue weighted by Gasteiger charge is 2.30. The van der Waals surface area contributed by atoms with Crippen LogP contribution in [0.2, 0.25) is 0 Å². The first-order chi connectivity index (χ1) is 9.70. The molecule has 2 fully saturated rings. The lowest BCUT2D eigenvalue weighted by Crippen LogP contribution is -2.53. The molecule has 0 aliphatic carbocycles. The van der Waals surface area contributed by atoms with Crippen LogP contribution in [-0.2, 0) is 14.3 Å². The molecular formula is C13H20N4O3. The summed E-state index contributed by atoms with van der Waals surface area (Å²) in [5, 5.41) is 10.9. The molecule has 1 N–H and O–H groups in total. The molecule has 0 saturated carbocycles. The second-order valence-corrected chi connectivity index (χ2v) is 5.04. The van der Waals surface area contributed by atoms with Crippen molar-refractivity contribution in [2.75, 3.05) is 45.9 Å². The Labute approximate surface area is 118 Å². The smallest absolute Gasteiger partial charge is 0.251 e. The SMILES string of the molecule is N#CCNC(=O)CN1CCN(C(=O)[C@@H]2CCCO2)CC1. The molecule has 0 aromatic carbocycles. The van der Waals surface area contributed by atoms with E-state index >= 15 is 0 Å². The molecule has 0 aromatic rings. The van der Waals surface area contributed by atoms with Crippen LogP contribution in [0.25, 0.3) is 0 Å². The van der Waals surface area contributed by atoms with Crippen LogP contribution >= 0.6 is 0 Å². The first kappa shape index (κ1) is 14.8. The predicted molar refractivity (Wildman–Crippen MR) is 70.6 cm³/mol. The predicted octanol–water partition coefficient (Wildman–Crippen LogP) is -1.05. The lowest BCUT2D eigenvalue weighted by Gasteiger charge is -2.35. The summed E-state index contributed by atoms with van der Waals surface area (Å²) in [6, 6.07) is 1.87. The van der Waals surface area contributed by atoms with Crippen molar-refractivity contribution in [3.05, 3.63) is 0 Å². The van der Waals surface area contributed by atoms with Gasteiger partial charge in [-0.05, 0) is 12.8 Å². The van der Waals surface area contributed by atoms with Crippen molar-refractivity contribution in [3.8, 4) is 6.07 Å². The third-order valence-corrected chi connectivity index (χ3v) is 3.62. The topological polar surface area (TPSA) is 85.7 Å². The second-order valence-electron chi connectivity index (χ2n) is 5.04. The fraction of sp³-hybridized carbons (Fsp3) is 0.769. The summed E-state index contributed by atoms with van der Waals surface area (Å²) < 4.78 is 5.40. The second kappa shape index (κ2) is 7.22. The van der Waals surface area contributed by atoms with E-state index in [2.05, 4.69) is 5.32 Å². The Balaban J connectivity index is 1.70. The number of nitriles is 1. The minimum Gasteiger partial charge on any atom is -0.368 e. The van der Waals surface area contributed by atoms with Crippen LogP contribution < -0.4 is 5.32 Å². The van der Waals surface area contributed by atoms with Gasteiger partial charge in [0, 0.05) is 32.8 Å². The maximum absolute atomic E-state index is 12.1. The maximum atomic E-state index is 12.1. The molecule has 2 aliphatic heterocycles. The van der Waals surface area contributed by atoms with Gasteiger partial charge in [-0.1, -0.05) is 0 Å². The first-order valence-electron chi connectivity index (χ1n) is 6.97. The quantitative estimate of drug-likeness (QED) is 0.664. The lowest BCUT2D eigenvalue weighted by molar-refractivity contribution is -0.142. The minimum atomic E-state index is -0.263. The van der Waals surface area contributed by atoms with Crippen LogP contribution in [0.15, 0.2) is 0 Å². The molecule has 0 spiro atoms. The molecule has 0 bridgehead atoms.